The molecule has 2 aromatic carbocycles. The summed E-state index contributed by atoms with van der Waals surface area (Å²) in [6.07, 6.45) is 4.54. The van der Waals surface area contributed by atoms with Crippen LogP contribution in [0.3, 0.4) is 0 Å². The Labute approximate surface area is 214 Å². The maximum atomic E-state index is 13.9. The number of anilines is 1. The third-order valence-electron chi connectivity index (χ3n) is 7.35. The van der Waals surface area contributed by atoms with Gasteiger partial charge in [-0.3, -0.25) is 9.59 Å². The van der Waals surface area contributed by atoms with Gasteiger partial charge in [-0.25, -0.2) is 4.39 Å². The molecular formula is C29H39FN4O2. The number of nitrogens with zero attached hydrogens (tertiary/aromatic N) is 2. The van der Waals surface area contributed by atoms with Gasteiger partial charge < -0.3 is 20.9 Å². The average molecular weight is 495 g/mol. The lowest BCUT2D eigenvalue weighted by Crippen LogP contribution is -2.50. The summed E-state index contributed by atoms with van der Waals surface area (Å²) in [6, 6.07) is 15.2. The van der Waals surface area contributed by atoms with Gasteiger partial charge in [-0.1, -0.05) is 30.3 Å². The Balaban J connectivity index is 1.38. The van der Waals surface area contributed by atoms with Gasteiger partial charge in [0.2, 0.25) is 5.91 Å². The highest BCUT2D eigenvalue weighted by Crippen LogP contribution is 2.29. The predicted octanol–water partition coefficient (Wildman–Crippen LogP) is 4.71. The summed E-state index contributed by atoms with van der Waals surface area (Å²) in [7, 11) is 0. The third kappa shape index (κ3) is 6.64. The lowest BCUT2D eigenvalue weighted by molar-refractivity contribution is -0.123. The number of hydrogen-bond donors (Lipinski definition) is 2. The minimum Gasteiger partial charge on any atom is -0.385 e. The number of likely N-dealkylation sites (tertiary alicyclic amines) is 2. The van der Waals surface area contributed by atoms with Gasteiger partial charge in [-0.2, -0.15) is 0 Å². The van der Waals surface area contributed by atoms with Crippen LogP contribution in [-0.2, 0) is 4.79 Å². The molecular weight excluding hydrogens is 455 g/mol. The van der Waals surface area contributed by atoms with Crippen molar-refractivity contribution in [2.24, 2.45) is 11.7 Å². The van der Waals surface area contributed by atoms with Gasteiger partial charge in [0.25, 0.3) is 5.91 Å². The fraction of sp³-hybridized carbons (Fsp3) is 0.517. The van der Waals surface area contributed by atoms with Gasteiger partial charge in [-0.15, -0.1) is 0 Å². The van der Waals surface area contributed by atoms with Gasteiger partial charge in [0.15, 0.2) is 0 Å². The van der Waals surface area contributed by atoms with Crippen LogP contribution in [0.2, 0.25) is 0 Å². The minimum absolute atomic E-state index is 0.140. The number of alkyl halides is 1. The smallest absolute Gasteiger partial charge is 0.255 e. The quantitative estimate of drug-likeness (QED) is 0.557. The van der Waals surface area contributed by atoms with Crippen molar-refractivity contribution in [3.8, 4) is 11.1 Å². The predicted molar refractivity (Wildman–Crippen MR) is 143 cm³/mol. The number of carbonyl (C=O) groups is 2. The Bertz CT molecular complexity index is 1040. The summed E-state index contributed by atoms with van der Waals surface area (Å²) >= 11 is 0. The largest absolute Gasteiger partial charge is 0.385 e. The molecule has 2 aliphatic heterocycles. The topological polar surface area (TPSA) is 78.7 Å². The van der Waals surface area contributed by atoms with Gasteiger partial charge >= 0.3 is 0 Å². The number of amides is 2. The molecule has 0 saturated carbocycles. The molecule has 6 nitrogen and oxygen atoms in total. The lowest BCUT2D eigenvalue weighted by Gasteiger charge is -2.34. The van der Waals surface area contributed by atoms with E-state index in [0.29, 0.717) is 31.0 Å². The first kappa shape index (κ1) is 26.1. The number of hydrogen-bond acceptors (Lipinski definition) is 4. The van der Waals surface area contributed by atoms with E-state index in [1.165, 1.54) is 0 Å². The second-order valence-corrected chi connectivity index (χ2v) is 10.9. The fourth-order valence-electron chi connectivity index (χ4n) is 5.46. The molecule has 36 heavy (non-hydrogen) atoms. The molecule has 1 atom stereocenters. The summed E-state index contributed by atoms with van der Waals surface area (Å²) in [5.41, 5.74) is 7.89. The van der Waals surface area contributed by atoms with Gasteiger partial charge in [-0.05, 0) is 94.3 Å². The van der Waals surface area contributed by atoms with E-state index in [1.807, 2.05) is 48.5 Å². The number of primary amides is 1. The SMILES string of the molecule is CC(C)(F)CN1CCC(CNc2ccc(-c3ccccc3C(=O)N3CCCCC3C(N)=O)cc2)CC1. The molecule has 0 radical (unpaired) electrons. The summed E-state index contributed by atoms with van der Waals surface area (Å²) in [5.74, 6) is -0.00332. The first-order valence-corrected chi connectivity index (χ1v) is 13.2. The monoisotopic (exact) mass is 494 g/mol. The van der Waals surface area contributed by atoms with Crippen molar-refractivity contribution in [2.45, 2.75) is 57.7 Å². The maximum absolute atomic E-state index is 13.9. The van der Waals surface area contributed by atoms with E-state index in [4.69, 9.17) is 5.73 Å². The fourth-order valence-corrected chi connectivity index (χ4v) is 5.46. The van der Waals surface area contributed by atoms with Crippen LogP contribution in [0.25, 0.3) is 11.1 Å². The molecule has 0 spiro atoms. The van der Waals surface area contributed by atoms with Crippen LogP contribution in [0.1, 0.15) is 56.3 Å². The van der Waals surface area contributed by atoms with Crippen molar-refractivity contribution in [1.82, 2.24) is 9.80 Å². The molecule has 2 aromatic rings. The van der Waals surface area contributed by atoms with Crippen molar-refractivity contribution < 1.29 is 14.0 Å². The van der Waals surface area contributed by atoms with Crippen LogP contribution in [-0.4, -0.2) is 66.0 Å². The van der Waals surface area contributed by atoms with E-state index in [0.717, 1.165) is 62.1 Å². The van der Waals surface area contributed by atoms with Crippen LogP contribution >= 0.6 is 0 Å². The normalized spacial score (nSPS) is 19.8. The van der Waals surface area contributed by atoms with Crippen LogP contribution in [0.4, 0.5) is 10.1 Å². The molecule has 2 aliphatic rings. The Morgan fingerprint density at radius 3 is 2.36 bits per heavy atom. The minimum atomic E-state index is -1.15. The molecule has 1 unspecified atom stereocenters. The van der Waals surface area contributed by atoms with E-state index >= 15 is 0 Å². The van der Waals surface area contributed by atoms with Gasteiger partial charge in [0.05, 0.1) is 0 Å². The zero-order valence-electron chi connectivity index (χ0n) is 21.5. The Kier molecular flexibility index (Phi) is 8.29. The Morgan fingerprint density at radius 1 is 1.00 bits per heavy atom. The molecule has 0 bridgehead atoms. The molecule has 2 fully saturated rings. The van der Waals surface area contributed by atoms with Crippen LogP contribution < -0.4 is 11.1 Å². The maximum Gasteiger partial charge on any atom is 0.255 e. The Hall–Kier alpha value is -2.93. The number of rotatable bonds is 8. The number of nitrogens with one attached hydrogen (secondary N) is 1. The lowest BCUT2D eigenvalue weighted by atomic mass is 9.95. The molecule has 194 valence electrons. The first-order chi connectivity index (χ1) is 17.2. The van der Waals surface area contributed by atoms with Crippen LogP contribution in [0, 0.1) is 5.92 Å². The molecule has 0 aromatic heterocycles. The zero-order chi connectivity index (χ0) is 25.7. The molecule has 3 N–H and O–H groups in total. The highest BCUT2D eigenvalue weighted by atomic mass is 19.1. The van der Waals surface area contributed by atoms with Crippen molar-refractivity contribution in [3.63, 3.8) is 0 Å². The third-order valence-corrected chi connectivity index (χ3v) is 7.35. The number of piperidine rings is 2. The summed E-state index contributed by atoms with van der Waals surface area (Å²) < 4.78 is 13.9. The summed E-state index contributed by atoms with van der Waals surface area (Å²) in [6.45, 7) is 7.11. The van der Waals surface area contributed by atoms with E-state index in [-0.39, 0.29) is 5.91 Å². The van der Waals surface area contributed by atoms with Crippen molar-refractivity contribution in [3.05, 3.63) is 54.1 Å². The molecule has 2 amide bonds. The van der Waals surface area contributed by atoms with Gasteiger partial charge in [0.1, 0.15) is 11.7 Å². The highest BCUT2D eigenvalue weighted by molar-refractivity contribution is 6.02. The first-order valence-electron chi connectivity index (χ1n) is 13.2. The number of nitrogens with two attached hydrogens (primary N) is 1. The molecule has 2 saturated heterocycles. The van der Waals surface area contributed by atoms with E-state index < -0.39 is 17.6 Å². The summed E-state index contributed by atoms with van der Waals surface area (Å²) in [5, 5.41) is 3.54. The Morgan fingerprint density at radius 2 is 1.69 bits per heavy atom. The standard InChI is InChI=1S/C29H39FN4O2/c1-29(2,30)20-33-17-14-21(15-18-33)19-32-23-12-10-22(11-13-23)24-7-3-4-8-25(24)28(36)34-16-6-5-9-26(34)27(31)35/h3-4,7-8,10-13,21,26,32H,5-6,9,14-20H2,1-2H3,(H2,31,35). The second kappa shape index (κ2) is 11.4. The zero-order valence-corrected chi connectivity index (χ0v) is 21.5. The molecule has 0 aliphatic carbocycles. The number of carbonyl (C=O) groups excluding carboxylic acids is 2. The van der Waals surface area contributed by atoms with E-state index in [1.54, 1.807) is 18.7 Å². The molecule has 2 heterocycles. The van der Waals surface area contributed by atoms with Gasteiger partial charge in [0, 0.05) is 30.9 Å². The summed E-state index contributed by atoms with van der Waals surface area (Å²) in [4.78, 5) is 29.2. The molecule has 4 rings (SSSR count). The number of benzene rings is 2. The van der Waals surface area contributed by atoms with E-state index in [2.05, 4.69) is 10.2 Å². The second-order valence-electron chi connectivity index (χ2n) is 10.9. The highest BCUT2D eigenvalue weighted by Gasteiger charge is 2.32. The molecule has 7 heteroatoms. The van der Waals surface area contributed by atoms with Crippen molar-refractivity contribution in [1.29, 1.82) is 0 Å². The van der Waals surface area contributed by atoms with E-state index in [9.17, 15) is 14.0 Å². The average Bonchev–Trinajstić information content (AvgIpc) is 2.87. The van der Waals surface area contributed by atoms with Crippen LogP contribution in [0.15, 0.2) is 48.5 Å². The van der Waals surface area contributed by atoms with Crippen molar-refractivity contribution >= 4 is 17.5 Å². The van der Waals surface area contributed by atoms with Crippen molar-refractivity contribution in [2.75, 3.05) is 38.0 Å². The number of halogens is 1. The van der Waals surface area contributed by atoms with Crippen LogP contribution in [0.5, 0.6) is 0 Å².